The molecule has 2 aliphatic heterocycles. The summed E-state index contributed by atoms with van der Waals surface area (Å²) in [5.74, 6) is 1.48. The Balaban J connectivity index is 0.833. The molecule has 0 saturated carbocycles. The summed E-state index contributed by atoms with van der Waals surface area (Å²) < 4.78 is 9.68. The van der Waals surface area contributed by atoms with Crippen molar-refractivity contribution in [2.45, 2.75) is 56.6 Å². The van der Waals surface area contributed by atoms with Crippen LogP contribution in [0, 0.1) is 5.92 Å². The standard InChI is InChI=1S/C42H46IN9O5/c1-2-20-51-40(55)34-25-45-41(49-38(34)52(51)35-13-5-29-15-18-42(56,26-43)37(29)47-35)46-30-6-8-31(9-7-30)50-21-16-27(17-22-50)24-44-19-23-57-32-10-3-28(4-11-32)33-12-14-36(53)48-39(33)54/h2-11,13,25,27,33,44,56H,1,12,14-24,26H2,(H,45,46,49)(H,48,53,54)/t33?,42-/m0/s1. The van der Waals surface area contributed by atoms with Gasteiger partial charge in [0.1, 0.15) is 23.3 Å². The fraction of sp³-hybridized carbons (Fsp3) is 0.381. The second-order valence-corrected chi connectivity index (χ2v) is 15.8. The number of carbonyl (C=O) groups is 2. The molecular formula is C42H46IN9O5. The van der Waals surface area contributed by atoms with Gasteiger partial charge in [-0.15, -0.1) is 6.58 Å². The molecule has 2 fully saturated rings. The smallest absolute Gasteiger partial charge is 0.278 e. The molecule has 2 atom stereocenters. The minimum atomic E-state index is -1.00. The lowest BCUT2D eigenvalue weighted by molar-refractivity contribution is -0.134. The average molecular weight is 884 g/mol. The number of alkyl halides is 1. The summed E-state index contributed by atoms with van der Waals surface area (Å²) in [4.78, 5) is 53.6. The summed E-state index contributed by atoms with van der Waals surface area (Å²) in [6, 6.07) is 19.7. The van der Waals surface area contributed by atoms with E-state index < -0.39 is 5.60 Å². The summed E-state index contributed by atoms with van der Waals surface area (Å²) >= 11 is 2.20. The van der Waals surface area contributed by atoms with Crippen molar-refractivity contribution in [3.8, 4) is 11.6 Å². The quantitative estimate of drug-likeness (QED) is 0.0395. The van der Waals surface area contributed by atoms with Crippen molar-refractivity contribution in [2.75, 3.05) is 47.4 Å². The van der Waals surface area contributed by atoms with Crippen molar-refractivity contribution in [1.82, 2.24) is 34.9 Å². The molecule has 15 heteroatoms. The number of anilines is 3. The van der Waals surface area contributed by atoms with Crippen molar-refractivity contribution in [2.24, 2.45) is 5.92 Å². The van der Waals surface area contributed by atoms with E-state index in [1.165, 1.54) is 0 Å². The zero-order valence-corrected chi connectivity index (χ0v) is 33.8. The molecule has 1 aliphatic carbocycles. The largest absolute Gasteiger partial charge is 0.492 e. The van der Waals surface area contributed by atoms with Crippen LogP contribution in [0.5, 0.6) is 5.75 Å². The first-order valence-corrected chi connectivity index (χ1v) is 21.0. The third-order valence-corrected chi connectivity index (χ3v) is 12.5. The van der Waals surface area contributed by atoms with Crippen molar-refractivity contribution in [3.63, 3.8) is 0 Å². The van der Waals surface area contributed by atoms with Crippen LogP contribution in [0.4, 0.5) is 17.3 Å². The number of benzene rings is 2. The predicted molar refractivity (Wildman–Crippen MR) is 227 cm³/mol. The van der Waals surface area contributed by atoms with Crippen LogP contribution >= 0.6 is 22.6 Å². The highest BCUT2D eigenvalue weighted by atomic mass is 127. The third-order valence-electron chi connectivity index (χ3n) is 11.2. The first-order valence-electron chi connectivity index (χ1n) is 19.5. The highest BCUT2D eigenvalue weighted by Gasteiger charge is 2.38. The summed E-state index contributed by atoms with van der Waals surface area (Å²) in [6.45, 7) is 8.28. The SMILES string of the molecule is C=CCn1c(=O)c2cnc(Nc3ccc(N4CCC(CNCCOc5ccc(C6CCC(=O)NC6=O)cc5)CC4)cc3)nc2n1-c1ccc2c(n1)[C@@](O)(CI)CC2. The summed E-state index contributed by atoms with van der Waals surface area (Å²) in [6.07, 6.45) is 7.66. The number of aryl methyl sites for hydroxylation is 1. The maximum Gasteiger partial charge on any atom is 0.278 e. The maximum absolute atomic E-state index is 13.5. The van der Waals surface area contributed by atoms with Crippen LogP contribution in [-0.4, -0.2) is 78.4 Å². The number of piperidine rings is 2. The Morgan fingerprint density at radius 2 is 1.79 bits per heavy atom. The summed E-state index contributed by atoms with van der Waals surface area (Å²) in [5, 5.41) is 20.9. The monoisotopic (exact) mass is 883 g/mol. The van der Waals surface area contributed by atoms with Crippen LogP contribution in [0.2, 0.25) is 0 Å². The van der Waals surface area contributed by atoms with E-state index in [-0.39, 0.29) is 29.8 Å². The molecule has 2 amide bonds. The van der Waals surface area contributed by atoms with Crippen molar-refractivity contribution in [3.05, 3.63) is 107 Å². The van der Waals surface area contributed by atoms with E-state index in [1.54, 1.807) is 21.6 Å². The number of fused-ring (bicyclic) bond motifs is 2. The van der Waals surface area contributed by atoms with Crippen LogP contribution in [0.1, 0.15) is 54.8 Å². The lowest BCUT2D eigenvalue weighted by Crippen LogP contribution is -2.39. The van der Waals surface area contributed by atoms with Crippen LogP contribution in [0.15, 0.2) is 84.3 Å². The van der Waals surface area contributed by atoms with E-state index in [1.807, 2.05) is 48.5 Å². The number of imide groups is 1. The fourth-order valence-electron chi connectivity index (χ4n) is 8.03. The number of pyridine rings is 1. The van der Waals surface area contributed by atoms with Gasteiger partial charge in [-0.05, 0) is 98.2 Å². The van der Waals surface area contributed by atoms with Gasteiger partial charge in [-0.1, -0.05) is 46.9 Å². The number of rotatable bonds is 14. The molecule has 8 rings (SSSR count). The number of nitrogens with zero attached hydrogens (tertiary/aromatic N) is 6. The maximum atomic E-state index is 13.5. The predicted octanol–water partition coefficient (Wildman–Crippen LogP) is 4.88. The Kier molecular flexibility index (Phi) is 11.4. The van der Waals surface area contributed by atoms with E-state index in [9.17, 15) is 19.5 Å². The lowest BCUT2D eigenvalue weighted by atomic mass is 9.90. The minimum Gasteiger partial charge on any atom is -0.492 e. The van der Waals surface area contributed by atoms with Crippen LogP contribution in [0.3, 0.4) is 0 Å². The molecule has 5 heterocycles. The van der Waals surface area contributed by atoms with Crippen LogP contribution < -0.4 is 31.1 Å². The van der Waals surface area contributed by atoms with E-state index in [0.717, 1.165) is 73.7 Å². The van der Waals surface area contributed by atoms with Gasteiger partial charge in [-0.25, -0.2) is 19.3 Å². The average Bonchev–Trinajstić information content (AvgIpc) is 3.71. The van der Waals surface area contributed by atoms with Gasteiger partial charge in [0, 0.05) is 48.1 Å². The Bertz CT molecular complexity index is 2340. The highest BCUT2D eigenvalue weighted by Crippen LogP contribution is 2.38. The number of allylic oxidation sites excluding steroid dienone is 1. The lowest BCUT2D eigenvalue weighted by Gasteiger charge is -2.33. The van der Waals surface area contributed by atoms with Crippen molar-refractivity contribution in [1.29, 1.82) is 0 Å². The van der Waals surface area contributed by atoms with E-state index in [2.05, 4.69) is 67.1 Å². The molecule has 3 aromatic heterocycles. The number of aromatic nitrogens is 5. The molecule has 0 spiro atoms. The van der Waals surface area contributed by atoms with E-state index >= 15 is 0 Å². The third kappa shape index (κ3) is 8.18. The number of aliphatic hydroxyl groups is 1. The number of nitrogens with one attached hydrogen (secondary N) is 3. The number of ether oxygens (including phenoxy) is 1. The molecule has 2 saturated heterocycles. The second kappa shape index (κ2) is 16.8. The zero-order valence-electron chi connectivity index (χ0n) is 31.6. The molecule has 0 radical (unpaired) electrons. The van der Waals surface area contributed by atoms with Gasteiger partial charge in [-0.3, -0.25) is 19.7 Å². The zero-order chi connectivity index (χ0) is 39.5. The molecular weight excluding hydrogens is 837 g/mol. The van der Waals surface area contributed by atoms with E-state index in [4.69, 9.17) is 14.7 Å². The number of halogens is 1. The molecule has 5 aromatic rings. The molecule has 4 N–H and O–H groups in total. The number of hydrogen-bond acceptors (Lipinski definition) is 11. The van der Waals surface area contributed by atoms with Gasteiger partial charge in [-0.2, -0.15) is 4.98 Å². The summed E-state index contributed by atoms with van der Waals surface area (Å²) in [7, 11) is 0. The fourth-order valence-corrected chi connectivity index (χ4v) is 8.78. The molecule has 296 valence electrons. The molecule has 14 nitrogen and oxygen atoms in total. The Hall–Kier alpha value is -5.13. The molecule has 0 bridgehead atoms. The molecule has 2 aromatic carbocycles. The second-order valence-electron chi connectivity index (χ2n) is 15.0. The van der Waals surface area contributed by atoms with Gasteiger partial charge in [0.2, 0.25) is 17.8 Å². The highest BCUT2D eigenvalue weighted by molar-refractivity contribution is 14.1. The first-order chi connectivity index (χ1) is 27.7. The van der Waals surface area contributed by atoms with Crippen LogP contribution in [-0.2, 0) is 28.2 Å². The summed E-state index contributed by atoms with van der Waals surface area (Å²) in [5.41, 5.74) is 3.72. The molecule has 1 unspecified atom stereocenters. The van der Waals surface area contributed by atoms with Gasteiger partial charge in [0.05, 0.1) is 18.2 Å². The van der Waals surface area contributed by atoms with Gasteiger partial charge in [0.15, 0.2) is 11.5 Å². The van der Waals surface area contributed by atoms with Crippen LogP contribution in [0.25, 0.3) is 16.9 Å². The van der Waals surface area contributed by atoms with Gasteiger partial charge >= 0.3 is 0 Å². The normalized spacial score (nSPS) is 19.8. The Morgan fingerprint density at radius 1 is 1.00 bits per heavy atom. The van der Waals surface area contributed by atoms with Crippen molar-refractivity contribution < 1.29 is 19.4 Å². The Labute approximate surface area is 343 Å². The molecule has 57 heavy (non-hydrogen) atoms. The van der Waals surface area contributed by atoms with Gasteiger partial charge in [0.25, 0.3) is 5.56 Å². The topological polar surface area (TPSA) is 169 Å². The number of carbonyl (C=O) groups excluding carboxylic acids is 2. The minimum absolute atomic E-state index is 0.207. The van der Waals surface area contributed by atoms with E-state index in [0.29, 0.717) is 64.7 Å². The molecule has 3 aliphatic rings. The first kappa shape index (κ1) is 38.7. The van der Waals surface area contributed by atoms with Gasteiger partial charge < -0.3 is 25.4 Å². The number of hydrogen-bond donors (Lipinski definition) is 4. The van der Waals surface area contributed by atoms with Crippen molar-refractivity contribution >= 4 is 62.8 Å². The number of amides is 2. The Morgan fingerprint density at radius 3 is 2.53 bits per heavy atom.